The van der Waals surface area contributed by atoms with Crippen LogP contribution < -0.4 is 0 Å². The minimum atomic E-state index is -0.514. The number of likely N-dealkylation sites (tertiary alicyclic amines) is 1. The molecule has 0 spiro atoms. The van der Waals surface area contributed by atoms with Crippen LogP contribution in [0.2, 0.25) is 0 Å². The lowest BCUT2D eigenvalue weighted by molar-refractivity contribution is -0.0840. The van der Waals surface area contributed by atoms with Gasteiger partial charge in [0.1, 0.15) is 0 Å². The second kappa shape index (κ2) is 2.69. The molecule has 0 aromatic carbocycles. The maximum Gasteiger partial charge on any atom is 0.0794 e. The molecule has 12 heavy (non-hydrogen) atoms. The fraction of sp³-hybridized carbons (Fsp3) is 1.00. The Hall–Kier alpha value is -0.120. The first-order valence-corrected chi connectivity index (χ1v) is 4.74. The van der Waals surface area contributed by atoms with Crippen LogP contribution in [0, 0.1) is 0 Å². The van der Waals surface area contributed by atoms with Crippen molar-refractivity contribution < 1.29 is 10.2 Å². The van der Waals surface area contributed by atoms with Crippen LogP contribution in [0.15, 0.2) is 0 Å². The Kier molecular flexibility index (Phi) is 1.90. The van der Waals surface area contributed by atoms with E-state index in [0.29, 0.717) is 6.04 Å². The summed E-state index contributed by atoms with van der Waals surface area (Å²) in [6.07, 6.45) is 2.95. The molecule has 3 nitrogen and oxygen atoms in total. The summed E-state index contributed by atoms with van der Waals surface area (Å²) >= 11 is 0. The van der Waals surface area contributed by atoms with E-state index in [1.54, 1.807) is 0 Å². The fourth-order valence-corrected chi connectivity index (χ4v) is 2.45. The summed E-state index contributed by atoms with van der Waals surface area (Å²) in [4.78, 5) is 2.19. The summed E-state index contributed by atoms with van der Waals surface area (Å²) in [5.41, 5.74) is -0.514. The van der Waals surface area contributed by atoms with Crippen molar-refractivity contribution in [3.63, 3.8) is 0 Å². The molecule has 2 fully saturated rings. The number of aliphatic hydroxyl groups is 2. The molecule has 0 aromatic heterocycles. The van der Waals surface area contributed by atoms with Crippen LogP contribution in [0.1, 0.15) is 26.2 Å². The maximum absolute atomic E-state index is 9.95. The minimum absolute atomic E-state index is 0.151. The van der Waals surface area contributed by atoms with Gasteiger partial charge in [-0.2, -0.15) is 0 Å². The Morgan fingerprint density at radius 1 is 1.42 bits per heavy atom. The number of aliphatic hydroxyl groups excluding tert-OH is 1. The summed E-state index contributed by atoms with van der Waals surface area (Å²) in [6.45, 7) is 3.41. The van der Waals surface area contributed by atoms with Crippen LogP contribution in [0.25, 0.3) is 0 Å². The van der Waals surface area contributed by atoms with Crippen molar-refractivity contribution in [2.24, 2.45) is 0 Å². The van der Waals surface area contributed by atoms with Gasteiger partial charge in [0.25, 0.3) is 0 Å². The smallest absolute Gasteiger partial charge is 0.0794 e. The van der Waals surface area contributed by atoms with Crippen LogP contribution in [0.4, 0.5) is 0 Å². The van der Waals surface area contributed by atoms with E-state index in [-0.39, 0.29) is 6.10 Å². The van der Waals surface area contributed by atoms with Crippen molar-refractivity contribution in [3.8, 4) is 0 Å². The second-order valence-corrected chi connectivity index (χ2v) is 4.37. The molecule has 1 heterocycles. The predicted octanol–water partition coefficient (Wildman–Crippen LogP) is -0.0336. The third-order valence-corrected chi connectivity index (χ3v) is 3.21. The lowest BCUT2D eigenvalue weighted by atomic mass is 9.95. The zero-order chi connectivity index (χ0) is 8.77. The van der Waals surface area contributed by atoms with E-state index < -0.39 is 5.60 Å². The number of hydrogen-bond acceptors (Lipinski definition) is 3. The molecule has 2 atom stereocenters. The van der Waals surface area contributed by atoms with Gasteiger partial charge < -0.3 is 10.2 Å². The van der Waals surface area contributed by atoms with Crippen molar-refractivity contribution in [1.82, 2.24) is 4.90 Å². The molecule has 1 saturated heterocycles. The Morgan fingerprint density at radius 3 is 2.50 bits per heavy atom. The molecule has 2 N–H and O–H groups in total. The Morgan fingerprint density at radius 2 is 2.08 bits per heavy atom. The molecule has 2 unspecified atom stereocenters. The van der Waals surface area contributed by atoms with Gasteiger partial charge >= 0.3 is 0 Å². The second-order valence-electron chi connectivity index (χ2n) is 4.37. The molecule has 2 rings (SSSR count). The molecule has 0 bridgehead atoms. The van der Waals surface area contributed by atoms with Crippen molar-refractivity contribution in [1.29, 1.82) is 0 Å². The monoisotopic (exact) mass is 171 g/mol. The lowest BCUT2D eigenvalue weighted by Gasteiger charge is -2.44. The molecule has 1 aliphatic carbocycles. The van der Waals surface area contributed by atoms with Gasteiger partial charge in [-0.15, -0.1) is 0 Å². The van der Waals surface area contributed by atoms with Crippen LogP contribution in [0.3, 0.4) is 0 Å². The van der Waals surface area contributed by atoms with Crippen molar-refractivity contribution in [2.75, 3.05) is 13.1 Å². The first-order chi connectivity index (χ1) is 5.59. The molecular formula is C9H17NO2. The lowest BCUT2D eigenvalue weighted by Crippen LogP contribution is -2.60. The van der Waals surface area contributed by atoms with Gasteiger partial charge in [0, 0.05) is 19.1 Å². The van der Waals surface area contributed by atoms with Crippen molar-refractivity contribution in [2.45, 2.75) is 43.9 Å². The standard InChI is InChI=1S/C9H17NO2/c1-9(12)4-2-3-8(9)10-5-7(11)6-10/h7-8,11-12H,2-6H2,1H3. The molecule has 2 aliphatic rings. The highest BCUT2D eigenvalue weighted by atomic mass is 16.3. The molecule has 0 aromatic rings. The van der Waals surface area contributed by atoms with Crippen LogP contribution in [-0.4, -0.2) is 45.9 Å². The zero-order valence-electron chi connectivity index (χ0n) is 7.53. The summed E-state index contributed by atoms with van der Waals surface area (Å²) in [6, 6.07) is 0.292. The summed E-state index contributed by atoms with van der Waals surface area (Å²) in [5.74, 6) is 0. The third kappa shape index (κ3) is 1.26. The molecule has 0 radical (unpaired) electrons. The summed E-state index contributed by atoms with van der Waals surface area (Å²) < 4.78 is 0. The molecule has 70 valence electrons. The average Bonchev–Trinajstić information content (AvgIpc) is 2.23. The van der Waals surface area contributed by atoms with Gasteiger partial charge in [0.15, 0.2) is 0 Å². The molecule has 1 aliphatic heterocycles. The van der Waals surface area contributed by atoms with E-state index in [2.05, 4.69) is 4.90 Å². The van der Waals surface area contributed by atoms with E-state index in [4.69, 9.17) is 5.11 Å². The SMILES string of the molecule is CC1(O)CCCC1N1CC(O)C1. The van der Waals surface area contributed by atoms with Gasteiger partial charge in [-0.3, -0.25) is 4.90 Å². The first-order valence-electron chi connectivity index (χ1n) is 4.74. The third-order valence-electron chi connectivity index (χ3n) is 3.21. The number of rotatable bonds is 1. The van der Waals surface area contributed by atoms with Crippen LogP contribution in [0.5, 0.6) is 0 Å². The van der Waals surface area contributed by atoms with Crippen LogP contribution >= 0.6 is 0 Å². The fourth-order valence-electron chi connectivity index (χ4n) is 2.45. The molecular weight excluding hydrogens is 154 g/mol. The van der Waals surface area contributed by atoms with E-state index in [1.807, 2.05) is 6.92 Å². The minimum Gasteiger partial charge on any atom is -0.390 e. The number of β-amino-alcohol motifs (C(OH)–C–C–N with tert-alkyl or cyclic N) is 1. The highest BCUT2D eigenvalue weighted by Gasteiger charge is 2.44. The quantitative estimate of drug-likeness (QED) is 0.582. The maximum atomic E-state index is 9.95. The van der Waals surface area contributed by atoms with Gasteiger partial charge in [-0.1, -0.05) is 0 Å². The van der Waals surface area contributed by atoms with Gasteiger partial charge in [0.2, 0.25) is 0 Å². The van der Waals surface area contributed by atoms with Gasteiger partial charge in [0.05, 0.1) is 11.7 Å². The van der Waals surface area contributed by atoms with Crippen LogP contribution in [-0.2, 0) is 0 Å². The molecule has 0 amide bonds. The zero-order valence-corrected chi connectivity index (χ0v) is 7.53. The Bertz CT molecular complexity index is 175. The largest absolute Gasteiger partial charge is 0.390 e. The molecule has 1 saturated carbocycles. The molecule has 3 heteroatoms. The Balaban J connectivity index is 1.95. The first kappa shape index (κ1) is 8.48. The summed E-state index contributed by atoms with van der Waals surface area (Å²) in [7, 11) is 0. The van der Waals surface area contributed by atoms with Gasteiger partial charge in [-0.25, -0.2) is 0 Å². The van der Waals surface area contributed by atoms with E-state index in [0.717, 1.165) is 32.4 Å². The highest BCUT2D eigenvalue weighted by molar-refractivity contribution is 4.99. The summed E-state index contributed by atoms with van der Waals surface area (Å²) in [5, 5.41) is 19.1. The highest BCUT2D eigenvalue weighted by Crippen LogP contribution is 2.35. The predicted molar refractivity (Wildman–Crippen MR) is 45.8 cm³/mol. The average molecular weight is 171 g/mol. The van der Waals surface area contributed by atoms with E-state index >= 15 is 0 Å². The Labute approximate surface area is 73.0 Å². The normalized spacial score (nSPS) is 44.8. The van der Waals surface area contributed by atoms with Crippen molar-refractivity contribution in [3.05, 3.63) is 0 Å². The van der Waals surface area contributed by atoms with Crippen molar-refractivity contribution >= 4 is 0 Å². The number of nitrogens with zero attached hydrogens (tertiary/aromatic N) is 1. The van der Waals surface area contributed by atoms with Gasteiger partial charge in [-0.05, 0) is 26.2 Å². The van der Waals surface area contributed by atoms with E-state index in [1.165, 1.54) is 0 Å². The topological polar surface area (TPSA) is 43.7 Å². The van der Waals surface area contributed by atoms with E-state index in [9.17, 15) is 5.11 Å². The number of hydrogen-bond donors (Lipinski definition) is 2.